The third-order valence-electron chi connectivity index (χ3n) is 1.15. The molecular formula is C6H16O2S2Si. The molecule has 2 nitrogen and oxygen atoms in total. The fraction of sp³-hybridized carbons (Fsp3) is 1.00. The molecule has 0 saturated carbocycles. The summed E-state index contributed by atoms with van der Waals surface area (Å²) in [6, 6.07) is 0. The zero-order valence-electron chi connectivity index (χ0n) is 7.08. The highest BCUT2D eigenvalue weighted by Gasteiger charge is 2.06. The van der Waals surface area contributed by atoms with Crippen LogP contribution in [0, 0.1) is 0 Å². The van der Waals surface area contributed by atoms with Gasteiger partial charge in [-0.2, -0.15) is 0 Å². The van der Waals surface area contributed by atoms with Crippen molar-refractivity contribution in [2.24, 2.45) is 0 Å². The zero-order valence-corrected chi connectivity index (χ0v) is 10.2. The van der Waals surface area contributed by atoms with Gasteiger partial charge in [0.25, 0.3) is 0 Å². The Morgan fingerprint density at radius 3 is 2.27 bits per heavy atom. The summed E-state index contributed by atoms with van der Waals surface area (Å²) in [6.45, 7) is 5.48. The normalized spacial score (nSPS) is 12.0. The fourth-order valence-corrected chi connectivity index (χ4v) is 3.68. The lowest BCUT2D eigenvalue weighted by atomic mass is 10.9. The number of rotatable bonds is 7. The molecule has 0 spiro atoms. The number of thiol groups is 1. The van der Waals surface area contributed by atoms with Crippen molar-refractivity contribution >= 4 is 32.0 Å². The third-order valence-corrected chi connectivity index (χ3v) is 5.41. The second-order valence-electron chi connectivity index (χ2n) is 1.96. The molecule has 0 aromatic carbocycles. The molecule has 0 unspecified atom stereocenters. The van der Waals surface area contributed by atoms with Crippen molar-refractivity contribution in [3.8, 4) is 0 Å². The van der Waals surface area contributed by atoms with Crippen molar-refractivity contribution in [3.05, 3.63) is 0 Å². The lowest BCUT2D eigenvalue weighted by Crippen LogP contribution is -2.26. The number of ether oxygens (including phenoxy) is 2. The molecule has 0 rings (SSSR count). The molecular weight excluding hydrogens is 196 g/mol. The molecule has 5 heteroatoms. The van der Waals surface area contributed by atoms with Gasteiger partial charge in [-0.15, -0.1) is 22.5 Å². The van der Waals surface area contributed by atoms with E-state index >= 15 is 0 Å². The van der Waals surface area contributed by atoms with E-state index < -0.39 is 0 Å². The van der Waals surface area contributed by atoms with E-state index in [9.17, 15) is 0 Å². The monoisotopic (exact) mass is 212 g/mol. The average molecular weight is 212 g/mol. The first-order valence-corrected chi connectivity index (χ1v) is 7.70. The summed E-state index contributed by atoms with van der Waals surface area (Å²) in [5.74, 6) is 0.102. The van der Waals surface area contributed by atoms with Crippen LogP contribution in [0.5, 0.6) is 0 Å². The van der Waals surface area contributed by atoms with Crippen molar-refractivity contribution in [3.63, 3.8) is 0 Å². The van der Waals surface area contributed by atoms with Crippen LogP contribution in [0.1, 0.15) is 13.8 Å². The van der Waals surface area contributed by atoms with Crippen molar-refractivity contribution in [2.45, 2.75) is 19.8 Å². The van der Waals surface area contributed by atoms with E-state index in [0.29, 0.717) is 0 Å². The molecule has 0 heterocycles. The van der Waals surface area contributed by atoms with E-state index in [1.165, 1.54) is 0 Å². The Morgan fingerprint density at radius 2 is 1.91 bits per heavy atom. The summed E-state index contributed by atoms with van der Waals surface area (Å²) < 4.78 is 10.8. The largest absolute Gasteiger partial charge is 0.357 e. The maximum Gasteiger partial charge on any atom is 0.135 e. The van der Waals surface area contributed by atoms with Crippen LogP contribution in [-0.4, -0.2) is 34.0 Å². The lowest BCUT2D eigenvalue weighted by Gasteiger charge is -2.15. The minimum Gasteiger partial charge on any atom is -0.357 e. The van der Waals surface area contributed by atoms with Crippen molar-refractivity contribution in [1.82, 2.24) is 0 Å². The minimum atomic E-state index is -0.255. The van der Waals surface area contributed by atoms with E-state index in [-0.39, 0.29) is 15.4 Å². The van der Waals surface area contributed by atoms with Gasteiger partial charge in [-0.3, -0.25) is 0 Å². The summed E-state index contributed by atoms with van der Waals surface area (Å²) in [7, 11) is 1.32. The summed E-state index contributed by atoms with van der Waals surface area (Å²) in [4.78, 5) is 0. The first kappa shape index (κ1) is 11.8. The molecule has 0 aliphatic carbocycles. The van der Waals surface area contributed by atoms with Crippen LogP contribution in [0.3, 0.4) is 0 Å². The standard InChI is InChI=1S/C6H16O2S2Si/c1-3-7-6(8-4-2)11-5-10-9/h6,9H,3-5,11H2,1-2H3. The zero-order chi connectivity index (χ0) is 8.53. The van der Waals surface area contributed by atoms with Crippen LogP contribution in [-0.2, 0) is 9.47 Å². The molecule has 0 aromatic rings. The summed E-state index contributed by atoms with van der Waals surface area (Å²) in [5.41, 5.74) is 0. The van der Waals surface area contributed by atoms with Crippen molar-refractivity contribution in [1.29, 1.82) is 0 Å². The van der Waals surface area contributed by atoms with Crippen LogP contribution >= 0.6 is 22.5 Å². The molecule has 0 radical (unpaired) electrons. The Bertz CT molecular complexity index is 79.0. The number of hydrogen-bond donors (Lipinski definition) is 1. The van der Waals surface area contributed by atoms with Gasteiger partial charge in [-0.25, -0.2) is 0 Å². The molecule has 0 aliphatic rings. The van der Waals surface area contributed by atoms with Gasteiger partial charge in [0.05, 0.1) is 0 Å². The number of hydrogen-bond acceptors (Lipinski definition) is 4. The lowest BCUT2D eigenvalue weighted by molar-refractivity contribution is -0.0823. The second-order valence-corrected chi connectivity index (χ2v) is 5.87. The highest BCUT2D eigenvalue weighted by atomic mass is 33.1. The molecule has 0 saturated heterocycles. The van der Waals surface area contributed by atoms with E-state index in [1.54, 1.807) is 10.8 Å². The van der Waals surface area contributed by atoms with Gasteiger partial charge in [0.1, 0.15) is 15.4 Å². The van der Waals surface area contributed by atoms with E-state index in [4.69, 9.17) is 9.47 Å². The highest BCUT2D eigenvalue weighted by Crippen LogP contribution is 2.04. The Labute approximate surface area is 80.0 Å². The summed E-state index contributed by atoms with van der Waals surface area (Å²) >= 11 is 4.07. The summed E-state index contributed by atoms with van der Waals surface area (Å²) in [5, 5.41) is 1.10. The maximum absolute atomic E-state index is 5.38. The van der Waals surface area contributed by atoms with E-state index in [2.05, 4.69) is 11.7 Å². The van der Waals surface area contributed by atoms with Gasteiger partial charge >= 0.3 is 0 Å². The van der Waals surface area contributed by atoms with Crippen molar-refractivity contribution < 1.29 is 9.47 Å². The molecule has 0 aliphatic heterocycles. The van der Waals surface area contributed by atoms with Gasteiger partial charge in [-0.05, 0) is 19.2 Å². The highest BCUT2D eigenvalue weighted by molar-refractivity contribution is 8.69. The van der Waals surface area contributed by atoms with Gasteiger partial charge in [0.15, 0.2) is 0 Å². The minimum absolute atomic E-state index is 0.102. The van der Waals surface area contributed by atoms with Crippen LogP contribution < -0.4 is 0 Å². The van der Waals surface area contributed by atoms with Crippen LogP contribution in [0.25, 0.3) is 0 Å². The Balaban J connectivity index is 3.34. The predicted molar refractivity (Wildman–Crippen MR) is 57.0 cm³/mol. The van der Waals surface area contributed by atoms with Crippen LogP contribution in [0.4, 0.5) is 0 Å². The molecule has 0 N–H and O–H groups in total. The molecule has 0 aromatic heterocycles. The molecule has 0 atom stereocenters. The Hall–Kier alpha value is 0.837. The quantitative estimate of drug-likeness (QED) is 0.294. The third kappa shape index (κ3) is 7.21. The molecule has 0 fully saturated rings. The topological polar surface area (TPSA) is 18.5 Å². The predicted octanol–water partition coefficient (Wildman–Crippen LogP) is 1.05. The fourth-order valence-electron chi connectivity index (χ4n) is 0.735. The van der Waals surface area contributed by atoms with Gasteiger partial charge < -0.3 is 9.47 Å². The Morgan fingerprint density at radius 1 is 1.36 bits per heavy atom. The first-order valence-electron chi connectivity index (χ1n) is 3.84. The summed E-state index contributed by atoms with van der Waals surface area (Å²) in [6.07, 6.45) is 0. The van der Waals surface area contributed by atoms with Gasteiger partial charge in [0.2, 0.25) is 0 Å². The molecule has 11 heavy (non-hydrogen) atoms. The maximum atomic E-state index is 5.38. The molecule has 0 bridgehead atoms. The molecule has 0 amide bonds. The SMILES string of the molecule is CCOC(OCC)[SiH2]CSS. The van der Waals surface area contributed by atoms with Crippen LogP contribution in [0.2, 0.25) is 0 Å². The van der Waals surface area contributed by atoms with E-state index in [1.807, 2.05) is 13.8 Å². The van der Waals surface area contributed by atoms with Crippen LogP contribution in [0.15, 0.2) is 0 Å². The smallest absolute Gasteiger partial charge is 0.135 e. The second kappa shape index (κ2) is 8.93. The van der Waals surface area contributed by atoms with Crippen molar-refractivity contribution in [2.75, 3.05) is 18.6 Å². The van der Waals surface area contributed by atoms with Gasteiger partial charge in [-0.1, -0.05) is 0 Å². The van der Waals surface area contributed by atoms with Gasteiger partial charge in [0, 0.05) is 13.2 Å². The average Bonchev–Trinajstić information content (AvgIpc) is 2.01. The van der Waals surface area contributed by atoms with E-state index in [0.717, 1.165) is 18.6 Å². The Kier molecular flexibility index (Phi) is 9.61. The first-order chi connectivity index (χ1) is 5.35. The molecule has 68 valence electrons.